The van der Waals surface area contributed by atoms with E-state index in [1.807, 2.05) is 55.6 Å². The summed E-state index contributed by atoms with van der Waals surface area (Å²) < 4.78 is 0. The molecule has 0 aliphatic rings. The summed E-state index contributed by atoms with van der Waals surface area (Å²) in [5, 5.41) is 4.30. The molecular formula is C17H19Cl2N2O+. The Hall–Kier alpha value is -1.55. The summed E-state index contributed by atoms with van der Waals surface area (Å²) in [6, 6.07) is 15.2. The predicted octanol–water partition coefficient (Wildman–Crippen LogP) is 2.32. The third-order valence-corrected chi connectivity index (χ3v) is 3.71. The van der Waals surface area contributed by atoms with Gasteiger partial charge in [-0.1, -0.05) is 47.5 Å². The van der Waals surface area contributed by atoms with Crippen LogP contribution in [0.25, 0.3) is 0 Å². The molecule has 2 aromatic carbocycles. The Labute approximate surface area is 140 Å². The molecule has 22 heavy (non-hydrogen) atoms. The van der Waals surface area contributed by atoms with Crippen LogP contribution in [-0.4, -0.2) is 19.5 Å². The minimum atomic E-state index is 0.0134. The zero-order chi connectivity index (χ0) is 15.9. The number of benzene rings is 2. The normalized spacial score (nSPS) is 12.0. The van der Waals surface area contributed by atoms with Crippen LogP contribution in [0.2, 0.25) is 10.0 Å². The maximum atomic E-state index is 12.0. The second-order valence-electron chi connectivity index (χ2n) is 5.35. The maximum Gasteiger partial charge on any atom is 0.275 e. The first-order valence-electron chi connectivity index (χ1n) is 7.10. The van der Waals surface area contributed by atoms with Crippen LogP contribution >= 0.6 is 23.2 Å². The van der Waals surface area contributed by atoms with Crippen molar-refractivity contribution in [1.29, 1.82) is 0 Å². The topological polar surface area (TPSA) is 33.5 Å². The molecule has 0 bridgehead atoms. The molecule has 1 unspecified atom stereocenters. The molecule has 0 aliphatic carbocycles. The Balaban J connectivity index is 1.79. The molecule has 116 valence electrons. The van der Waals surface area contributed by atoms with Gasteiger partial charge in [0.1, 0.15) is 6.54 Å². The Bertz CT molecular complexity index is 646. The van der Waals surface area contributed by atoms with Crippen molar-refractivity contribution in [1.82, 2.24) is 5.32 Å². The van der Waals surface area contributed by atoms with E-state index in [1.165, 1.54) is 0 Å². The summed E-state index contributed by atoms with van der Waals surface area (Å²) in [5.74, 6) is 0.0134. The van der Waals surface area contributed by atoms with E-state index in [0.29, 0.717) is 18.1 Å². The first kappa shape index (κ1) is 16.8. The minimum absolute atomic E-state index is 0.0134. The van der Waals surface area contributed by atoms with Gasteiger partial charge in [-0.2, -0.15) is 0 Å². The van der Waals surface area contributed by atoms with Gasteiger partial charge >= 0.3 is 0 Å². The monoisotopic (exact) mass is 337 g/mol. The Morgan fingerprint density at radius 2 is 1.64 bits per heavy atom. The van der Waals surface area contributed by atoms with Gasteiger partial charge in [0.15, 0.2) is 6.54 Å². The number of carbonyl (C=O) groups is 1. The molecule has 2 rings (SSSR count). The van der Waals surface area contributed by atoms with E-state index < -0.39 is 0 Å². The molecule has 2 aromatic rings. The lowest BCUT2D eigenvalue weighted by atomic mass is 10.2. The van der Waals surface area contributed by atoms with Crippen molar-refractivity contribution in [2.24, 2.45) is 0 Å². The molecule has 0 aliphatic heterocycles. The smallest absolute Gasteiger partial charge is 0.275 e. The van der Waals surface area contributed by atoms with E-state index >= 15 is 0 Å². The number of nitrogens with one attached hydrogen (secondary N) is 2. The molecular weight excluding hydrogens is 319 g/mol. The van der Waals surface area contributed by atoms with Crippen molar-refractivity contribution >= 4 is 29.1 Å². The van der Waals surface area contributed by atoms with Gasteiger partial charge in [0.25, 0.3) is 5.91 Å². The van der Waals surface area contributed by atoms with Gasteiger partial charge in [-0.15, -0.1) is 0 Å². The lowest BCUT2D eigenvalue weighted by Gasteiger charge is -2.14. The number of hydrogen-bond acceptors (Lipinski definition) is 1. The van der Waals surface area contributed by atoms with E-state index in [4.69, 9.17) is 23.2 Å². The molecule has 0 fully saturated rings. The van der Waals surface area contributed by atoms with Crippen molar-refractivity contribution in [3.63, 3.8) is 0 Å². The molecule has 2 N–H and O–H groups in total. The van der Waals surface area contributed by atoms with Crippen molar-refractivity contribution in [2.75, 3.05) is 13.6 Å². The average Bonchev–Trinajstić information content (AvgIpc) is 2.45. The Morgan fingerprint density at radius 3 is 2.27 bits per heavy atom. The fourth-order valence-corrected chi connectivity index (χ4v) is 2.67. The summed E-state index contributed by atoms with van der Waals surface area (Å²) in [6.45, 7) is 1.65. The lowest BCUT2D eigenvalue weighted by molar-refractivity contribution is -0.885. The number of hydrogen-bond donors (Lipinski definition) is 2. The maximum absolute atomic E-state index is 12.0. The van der Waals surface area contributed by atoms with E-state index in [-0.39, 0.29) is 5.91 Å². The van der Waals surface area contributed by atoms with Crippen LogP contribution in [-0.2, 0) is 17.9 Å². The average molecular weight is 338 g/mol. The fraction of sp³-hybridized carbons (Fsp3) is 0.235. The zero-order valence-electron chi connectivity index (χ0n) is 12.4. The number of halogens is 2. The second-order valence-corrected chi connectivity index (χ2v) is 6.22. The fourth-order valence-electron chi connectivity index (χ4n) is 2.24. The van der Waals surface area contributed by atoms with Crippen molar-refractivity contribution in [2.45, 2.75) is 13.1 Å². The van der Waals surface area contributed by atoms with Gasteiger partial charge in [0.05, 0.1) is 7.05 Å². The summed E-state index contributed by atoms with van der Waals surface area (Å²) in [6.07, 6.45) is 0. The summed E-state index contributed by atoms with van der Waals surface area (Å²) in [4.78, 5) is 13.1. The van der Waals surface area contributed by atoms with E-state index in [2.05, 4.69) is 5.32 Å². The van der Waals surface area contributed by atoms with Gasteiger partial charge in [-0.3, -0.25) is 4.79 Å². The molecule has 1 amide bonds. The molecule has 3 nitrogen and oxygen atoms in total. The number of rotatable bonds is 6. The van der Waals surface area contributed by atoms with Crippen molar-refractivity contribution in [3.05, 3.63) is 69.7 Å². The largest absolute Gasteiger partial charge is 0.347 e. The lowest BCUT2D eigenvalue weighted by Crippen LogP contribution is -3.08. The van der Waals surface area contributed by atoms with Crippen molar-refractivity contribution in [3.8, 4) is 0 Å². The highest BCUT2D eigenvalue weighted by Crippen LogP contribution is 2.10. The zero-order valence-corrected chi connectivity index (χ0v) is 13.9. The standard InChI is InChI=1S/C17H18Cl2N2O/c1-21(11-14-5-3-7-16(19)9-14)12-17(22)20-10-13-4-2-6-15(18)8-13/h2-9H,10-12H2,1H3,(H,20,22)/p+1. The number of carbonyl (C=O) groups excluding carboxylic acids is 1. The SMILES string of the molecule is C[NH+](CC(=O)NCc1cccc(Cl)c1)Cc1cccc(Cl)c1. The first-order chi connectivity index (χ1) is 10.5. The van der Waals surface area contributed by atoms with Gasteiger partial charge < -0.3 is 10.2 Å². The predicted molar refractivity (Wildman–Crippen MR) is 90.2 cm³/mol. The molecule has 0 saturated heterocycles. The van der Waals surface area contributed by atoms with Crippen LogP contribution in [0.3, 0.4) is 0 Å². The van der Waals surface area contributed by atoms with E-state index in [1.54, 1.807) is 0 Å². The highest BCUT2D eigenvalue weighted by atomic mass is 35.5. The Morgan fingerprint density at radius 1 is 1.05 bits per heavy atom. The molecule has 0 saturated carbocycles. The summed E-state index contributed by atoms with van der Waals surface area (Å²) >= 11 is 11.9. The quantitative estimate of drug-likeness (QED) is 0.833. The van der Waals surface area contributed by atoms with Crippen LogP contribution in [0.4, 0.5) is 0 Å². The van der Waals surface area contributed by atoms with Crippen LogP contribution in [0.5, 0.6) is 0 Å². The molecule has 0 spiro atoms. The summed E-state index contributed by atoms with van der Waals surface area (Å²) in [5.41, 5.74) is 2.11. The van der Waals surface area contributed by atoms with Crippen LogP contribution < -0.4 is 10.2 Å². The van der Waals surface area contributed by atoms with Gasteiger partial charge in [0, 0.05) is 22.2 Å². The highest BCUT2D eigenvalue weighted by molar-refractivity contribution is 6.30. The number of amides is 1. The van der Waals surface area contributed by atoms with E-state index in [0.717, 1.165) is 27.6 Å². The third-order valence-electron chi connectivity index (χ3n) is 3.24. The van der Waals surface area contributed by atoms with Gasteiger partial charge in [-0.25, -0.2) is 0 Å². The Kier molecular flexibility index (Phi) is 6.25. The third kappa shape index (κ3) is 5.68. The molecule has 5 heteroatoms. The van der Waals surface area contributed by atoms with Crippen LogP contribution in [0, 0.1) is 0 Å². The molecule has 0 aromatic heterocycles. The van der Waals surface area contributed by atoms with E-state index in [9.17, 15) is 4.79 Å². The summed E-state index contributed by atoms with van der Waals surface area (Å²) in [7, 11) is 1.99. The second kappa shape index (κ2) is 8.18. The van der Waals surface area contributed by atoms with Gasteiger partial charge in [0.2, 0.25) is 0 Å². The molecule has 1 atom stereocenters. The molecule has 0 radical (unpaired) electrons. The van der Waals surface area contributed by atoms with Crippen molar-refractivity contribution < 1.29 is 9.69 Å². The highest BCUT2D eigenvalue weighted by Gasteiger charge is 2.10. The number of likely N-dealkylation sites (N-methyl/N-ethyl adjacent to an activating group) is 1. The van der Waals surface area contributed by atoms with Crippen LogP contribution in [0.15, 0.2) is 48.5 Å². The number of quaternary nitrogens is 1. The minimum Gasteiger partial charge on any atom is -0.347 e. The van der Waals surface area contributed by atoms with Gasteiger partial charge in [-0.05, 0) is 29.8 Å². The first-order valence-corrected chi connectivity index (χ1v) is 7.85. The van der Waals surface area contributed by atoms with Crippen LogP contribution in [0.1, 0.15) is 11.1 Å². The molecule has 0 heterocycles.